The van der Waals surface area contributed by atoms with Crippen molar-refractivity contribution in [1.82, 2.24) is 5.32 Å². The van der Waals surface area contributed by atoms with Crippen LogP contribution in [0.2, 0.25) is 5.02 Å². The van der Waals surface area contributed by atoms with Gasteiger partial charge in [-0.15, -0.1) is 0 Å². The summed E-state index contributed by atoms with van der Waals surface area (Å²) in [6.07, 6.45) is 1.74. The van der Waals surface area contributed by atoms with Gasteiger partial charge in [0, 0.05) is 11.1 Å². The first kappa shape index (κ1) is 16.0. The van der Waals surface area contributed by atoms with Gasteiger partial charge < -0.3 is 5.32 Å². The van der Waals surface area contributed by atoms with Gasteiger partial charge in [-0.25, -0.2) is 4.39 Å². The highest BCUT2D eigenvalue weighted by Gasteiger charge is 2.15. The quantitative estimate of drug-likeness (QED) is 0.785. The van der Waals surface area contributed by atoms with Crippen molar-refractivity contribution in [2.24, 2.45) is 0 Å². The van der Waals surface area contributed by atoms with Crippen LogP contribution in [-0.4, -0.2) is 6.54 Å². The molecule has 0 heterocycles. The summed E-state index contributed by atoms with van der Waals surface area (Å²) in [4.78, 5) is 0. The molecular formula is C18H21ClFN. The monoisotopic (exact) mass is 305 g/mol. The summed E-state index contributed by atoms with van der Waals surface area (Å²) in [7, 11) is 0. The molecule has 1 atom stereocenters. The zero-order valence-electron chi connectivity index (χ0n) is 12.5. The topological polar surface area (TPSA) is 12.0 Å². The lowest BCUT2D eigenvalue weighted by Crippen LogP contribution is -2.25. The van der Waals surface area contributed by atoms with Crippen molar-refractivity contribution < 1.29 is 4.39 Å². The van der Waals surface area contributed by atoms with Crippen molar-refractivity contribution >= 4 is 11.6 Å². The molecule has 0 saturated heterocycles. The fourth-order valence-corrected chi connectivity index (χ4v) is 2.70. The average molecular weight is 306 g/mol. The molecule has 0 aromatic heterocycles. The van der Waals surface area contributed by atoms with Crippen molar-refractivity contribution in [1.29, 1.82) is 0 Å². The van der Waals surface area contributed by atoms with Crippen LogP contribution in [0, 0.1) is 12.7 Å². The summed E-state index contributed by atoms with van der Waals surface area (Å²) in [5, 5.41) is 4.16. The molecule has 0 radical (unpaired) electrons. The van der Waals surface area contributed by atoms with Crippen LogP contribution in [0.3, 0.4) is 0 Å². The Kier molecular flexibility index (Phi) is 5.77. The number of halogens is 2. The third-order valence-electron chi connectivity index (χ3n) is 3.64. The van der Waals surface area contributed by atoms with Crippen LogP contribution in [0.15, 0.2) is 42.5 Å². The Balaban J connectivity index is 2.28. The Morgan fingerprint density at radius 1 is 1.19 bits per heavy atom. The molecule has 0 aliphatic rings. The zero-order valence-corrected chi connectivity index (χ0v) is 13.3. The summed E-state index contributed by atoms with van der Waals surface area (Å²) in [6.45, 7) is 5.16. The lowest BCUT2D eigenvalue weighted by Gasteiger charge is -2.21. The van der Waals surface area contributed by atoms with Crippen molar-refractivity contribution in [3.8, 4) is 0 Å². The van der Waals surface area contributed by atoms with Crippen molar-refractivity contribution in [2.45, 2.75) is 32.7 Å². The zero-order chi connectivity index (χ0) is 15.2. The standard InChI is InChI=1S/C18H21ClFN/c1-3-10-21-18(16-7-5-4-6-13(16)2)12-14-11-15(20)8-9-17(14)19/h4-9,11,18,21H,3,10,12H2,1-2H3. The molecular weight excluding hydrogens is 285 g/mol. The van der Waals surface area contributed by atoms with E-state index in [1.165, 1.54) is 23.3 Å². The van der Waals surface area contributed by atoms with E-state index in [1.54, 1.807) is 6.07 Å². The highest BCUT2D eigenvalue weighted by atomic mass is 35.5. The third kappa shape index (κ3) is 4.29. The minimum absolute atomic E-state index is 0.144. The predicted octanol–water partition coefficient (Wildman–Crippen LogP) is 5.07. The first-order chi connectivity index (χ1) is 10.1. The maximum atomic E-state index is 13.5. The van der Waals surface area contributed by atoms with Crippen molar-refractivity contribution in [3.63, 3.8) is 0 Å². The summed E-state index contributed by atoms with van der Waals surface area (Å²) in [6, 6.07) is 13.0. The second kappa shape index (κ2) is 7.58. The van der Waals surface area contributed by atoms with Crippen LogP contribution in [0.25, 0.3) is 0 Å². The minimum Gasteiger partial charge on any atom is -0.310 e. The van der Waals surface area contributed by atoms with E-state index in [0.717, 1.165) is 18.5 Å². The smallest absolute Gasteiger partial charge is 0.123 e. The highest BCUT2D eigenvalue weighted by Crippen LogP contribution is 2.26. The van der Waals surface area contributed by atoms with Gasteiger partial charge in [-0.05, 0) is 61.2 Å². The molecule has 2 aromatic carbocycles. The number of hydrogen-bond donors (Lipinski definition) is 1. The number of aryl methyl sites for hydroxylation is 1. The molecule has 0 saturated carbocycles. The van der Waals surface area contributed by atoms with Gasteiger partial charge in [-0.3, -0.25) is 0 Å². The molecule has 3 heteroatoms. The molecule has 0 bridgehead atoms. The van der Waals surface area contributed by atoms with E-state index < -0.39 is 0 Å². The van der Waals surface area contributed by atoms with E-state index in [4.69, 9.17) is 11.6 Å². The summed E-state index contributed by atoms with van der Waals surface area (Å²) >= 11 is 6.21. The fourth-order valence-electron chi connectivity index (χ4n) is 2.51. The molecule has 0 spiro atoms. The normalized spacial score (nSPS) is 12.4. The summed E-state index contributed by atoms with van der Waals surface area (Å²) in [5.74, 6) is -0.242. The lowest BCUT2D eigenvalue weighted by atomic mass is 9.95. The highest BCUT2D eigenvalue weighted by molar-refractivity contribution is 6.31. The van der Waals surface area contributed by atoms with Gasteiger partial charge in [0.2, 0.25) is 0 Å². The van der Waals surface area contributed by atoms with Gasteiger partial charge in [0.1, 0.15) is 5.82 Å². The molecule has 0 amide bonds. The van der Waals surface area contributed by atoms with E-state index in [0.29, 0.717) is 11.4 Å². The Hall–Kier alpha value is -1.38. The molecule has 0 fully saturated rings. The number of rotatable bonds is 6. The Morgan fingerprint density at radius 2 is 1.95 bits per heavy atom. The van der Waals surface area contributed by atoms with Gasteiger partial charge in [-0.2, -0.15) is 0 Å². The molecule has 21 heavy (non-hydrogen) atoms. The van der Waals surface area contributed by atoms with Gasteiger partial charge in [0.05, 0.1) is 0 Å². The number of nitrogens with one attached hydrogen (secondary N) is 1. The maximum absolute atomic E-state index is 13.5. The SMILES string of the molecule is CCCNC(Cc1cc(F)ccc1Cl)c1ccccc1C. The Morgan fingerprint density at radius 3 is 2.67 bits per heavy atom. The van der Waals surface area contributed by atoms with E-state index in [2.05, 4.69) is 31.3 Å². The molecule has 2 aromatic rings. The van der Waals surface area contributed by atoms with Gasteiger partial charge in [0.15, 0.2) is 0 Å². The second-order valence-electron chi connectivity index (χ2n) is 5.30. The molecule has 0 aliphatic heterocycles. The first-order valence-corrected chi connectivity index (χ1v) is 7.72. The van der Waals surface area contributed by atoms with Gasteiger partial charge in [0.25, 0.3) is 0 Å². The van der Waals surface area contributed by atoms with E-state index >= 15 is 0 Å². The molecule has 112 valence electrons. The predicted molar refractivity (Wildman–Crippen MR) is 87.3 cm³/mol. The van der Waals surface area contributed by atoms with Crippen LogP contribution in [0.5, 0.6) is 0 Å². The van der Waals surface area contributed by atoms with E-state index in [9.17, 15) is 4.39 Å². The molecule has 0 aliphatic carbocycles. The Labute approximate surface area is 131 Å². The van der Waals surface area contributed by atoms with Crippen molar-refractivity contribution in [3.05, 3.63) is 70.0 Å². The van der Waals surface area contributed by atoms with Crippen LogP contribution in [-0.2, 0) is 6.42 Å². The number of benzene rings is 2. The molecule has 1 nitrogen and oxygen atoms in total. The molecule has 2 rings (SSSR count). The van der Waals surface area contributed by atoms with E-state index in [-0.39, 0.29) is 11.9 Å². The third-order valence-corrected chi connectivity index (χ3v) is 4.01. The fraction of sp³-hybridized carbons (Fsp3) is 0.333. The summed E-state index contributed by atoms with van der Waals surface area (Å²) in [5.41, 5.74) is 3.32. The van der Waals surface area contributed by atoms with Gasteiger partial charge >= 0.3 is 0 Å². The van der Waals surface area contributed by atoms with Crippen LogP contribution < -0.4 is 5.32 Å². The summed E-state index contributed by atoms with van der Waals surface area (Å²) < 4.78 is 13.5. The van der Waals surface area contributed by atoms with Crippen LogP contribution in [0.1, 0.15) is 36.1 Å². The Bertz CT molecular complexity index is 598. The van der Waals surface area contributed by atoms with E-state index in [1.807, 2.05) is 12.1 Å². The lowest BCUT2D eigenvalue weighted by molar-refractivity contribution is 0.525. The minimum atomic E-state index is -0.242. The second-order valence-corrected chi connectivity index (χ2v) is 5.71. The average Bonchev–Trinajstić information content (AvgIpc) is 2.48. The van der Waals surface area contributed by atoms with Crippen LogP contribution >= 0.6 is 11.6 Å². The van der Waals surface area contributed by atoms with Crippen molar-refractivity contribution in [2.75, 3.05) is 6.54 Å². The van der Waals surface area contributed by atoms with Crippen LogP contribution in [0.4, 0.5) is 4.39 Å². The largest absolute Gasteiger partial charge is 0.310 e. The molecule has 1 N–H and O–H groups in total. The first-order valence-electron chi connectivity index (χ1n) is 7.34. The molecule has 1 unspecified atom stereocenters. The number of hydrogen-bond acceptors (Lipinski definition) is 1. The van der Waals surface area contributed by atoms with Gasteiger partial charge in [-0.1, -0.05) is 42.8 Å². The maximum Gasteiger partial charge on any atom is 0.123 e.